The predicted molar refractivity (Wildman–Crippen MR) is 53.3 cm³/mol. The van der Waals surface area contributed by atoms with E-state index in [1.54, 1.807) is 6.08 Å². The fourth-order valence-electron chi connectivity index (χ4n) is 1.76. The molecule has 0 aromatic heterocycles. The number of carboxylic acid groups (broad SMARTS) is 1. The molecule has 0 radical (unpaired) electrons. The Morgan fingerprint density at radius 1 is 1.50 bits per heavy atom. The highest BCUT2D eigenvalue weighted by Gasteiger charge is 2.23. The zero-order valence-corrected chi connectivity index (χ0v) is 7.60. The van der Waals surface area contributed by atoms with Crippen molar-refractivity contribution in [2.45, 2.75) is 6.42 Å². The quantitative estimate of drug-likeness (QED) is 0.654. The molecule has 72 valence electrons. The summed E-state index contributed by atoms with van der Waals surface area (Å²) in [7, 11) is 0. The molecule has 3 heteroatoms. The molecule has 0 aliphatic heterocycles. The minimum absolute atomic E-state index is 0.179. The maximum Gasteiger partial charge on any atom is 0.333 e. The fourth-order valence-corrected chi connectivity index (χ4v) is 1.76. The van der Waals surface area contributed by atoms with Crippen molar-refractivity contribution in [1.82, 2.24) is 0 Å². The smallest absolute Gasteiger partial charge is 0.333 e. The SMILES string of the molecule is NC1=C(C(=O)O)C[C@H]2C=CC=CC2=C1. The second-order valence-electron chi connectivity index (χ2n) is 3.44. The molecule has 0 heterocycles. The summed E-state index contributed by atoms with van der Waals surface area (Å²) in [5.74, 6) is -0.737. The van der Waals surface area contributed by atoms with Crippen LogP contribution >= 0.6 is 0 Å². The minimum atomic E-state index is -0.916. The lowest BCUT2D eigenvalue weighted by atomic mass is 9.83. The van der Waals surface area contributed by atoms with Gasteiger partial charge in [-0.25, -0.2) is 4.79 Å². The lowest BCUT2D eigenvalue weighted by Crippen LogP contribution is -2.18. The molecule has 0 aromatic rings. The number of fused-ring (bicyclic) bond motifs is 1. The first-order chi connectivity index (χ1) is 6.68. The number of aliphatic carboxylic acids is 1. The zero-order chi connectivity index (χ0) is 10.1. The molecule has 0 saturated carbocycles. The lowest BCUT2D eigenvalue weighted by molar-refractivity contribution is -0.132. The third kappa shape index (κ3) is 1.37. The first-order valence-corrected chi connectivity index (χ1v) is 4.47. The van der Waals surface area contributed by atoms with Crippen molar-refractivity contribution in [2.75, 3.05) is 0 Å². The molecule has 3 nitrogen and oxygen atoms in total. The van der Waals surface area contributed by atoms with Crippen LogP contribution in [0.1, 0.15) is 6.42 Å². The Morgan fingerprint density at radius 3 is 3.00 bits per heavy atom. The van der Waals surface area contributed by atoms with Gasteiger partial charge in [0.1, 0.15) is 0 Å². The Morgan fingerprint density at radius 2 is 2.29 bits per heavy atom. The number of rotatable bonds is 1. The van der Waals surface area contributed by atoms with Crippen molar-refractivity contribution in [2.24, 2.45) is 11.7 Å². The first kappa shape index (κ1) is 8.81. The van der Waals surface area contributed by atoms with Gasteiger partial charge >= 0.3 is 5.97 Å². The van der Waals surface area contributed by atoms with E-state index in [2.05, 4.69) is 0 Å². The van der Waals surface area contributed by atoms with E-state index in [-0.39, 0.29) is 5.92 Å². The largest absolute Gasteiger partial charge is 0.478 e. The van der Waals surface area contributed by atoms with Crippen LogP contribution in [0.25, 0.3) is 0 Å². The fraction of sp³-hybridized carbons (Fsp3) is 0.182. The van der Waals surface area contributed by atoms with E-state index in [9.17, 15) is 4.79 Å². The van der Waals surface area contributed by atoms with Crippen LogP contribution in [0.5, 0.6) is 0 Å². The number of allylic oxidation sites excluding steroid dienone is 6. The molecule has 0 spiro atoms. The van der Waals surface area contributed by atoms with Gasteiger partial charge in [0.15, 0.2) is 0 Å². The van der Waals surface area contributed by atoms with Gasteiger partial charge in [0.2, 0.25) is 0 Å². The molecule has 0 amide bonds. The molecule has 14 heavy (non-hydrogen) atoms. The van der Waals surface area contributed by atoms with Gasteiger partial charge in [-0.3, -0.25) is 0 Å². The molecule has 2 aliphatic rings. The van der Waals surface area contributed by atoms with Crippen molar-refractivity contribution in [3.63, 3.8) is 0 Å². The molecular weight excluding hydrogens is 178 g/mol. The lowest BCUT2D eigenvalue weighted by Gasteiger charge is -2.22. The average molecular weight is 189 g/mol. The molecule has 0 aromatic carbocycles. The highest BCUT2D eigenvalue weighted by atomic mass is 16.4. The third-order valence-electron chi connectivity index (χ3n) is 2.52. The summed E-state index contributed by atoms with van der Waals surface area (Å²) in [5.41, 5.74) is 7.44. The third-order valence-corrected chi connectivity index (χ3v) is 2.52. The van der Waals surface area contributed by atoms with Crippen LogP contribution in [0.3, 0.4) is 0 Å². The molecule has 0 saturated heterocycles. The second kappa shape index (κ2) is 3.18. The van der Waals surface area contributed by atoms with E-state index >= 15 is 0 Å². The summed E-state index contributed by atoms with van der Waals surface area (Å²) in [6, 6.07) is 0. The van der Waals surface area contributed by atoms with Crippen molar-refractivity contribution in [3.05, 3.63) is 47.2 Å². The van der Waals surface area contributed by atoms with Crippen LogP contribution in [-0.2, 0) is 4.79 Å². The van der Waals surface area contributed by atoms with Gasteiger partial charge in [-0.1, -0.05) is 24.3 Å². The topological polar surface area (TPSA) is 63.3 Å². The summed E-state index contributed by atoms with van der Waals surface area (Å²) in [4.78, 5) is 10.8. The predicted octanol–water partition coefficient (Wildman–Crippen LogP) is 1.36. The Balaban J connectivity index is 2.40. The minimum Gasteiger partial charge on any atom is -0.478 e. The van der Waals surface area contributed by atoms with Crippen molar-refractivity contribution >= 4 is 5.97 Å². The van der Waals surface area contributed by atoms with E-state index in [0.717, 1.165) is 5.57 Å². The van der Waals surface area contributed by atoms with Crippen LogP contribution in [-0.4, -0.2) is 11.1 Å². The summed E-state index contributed by atoms with van der Waals surface area (Å²) in [5, 5.41) is 8.89. The summed E-state index contributed by atoms with van der Waals surface area (Å²) < 4.78 is 0. The Hall–Kier alpha value is -1.77. The highest BCUT2D eigenvalue weighted by molar-refractivity contribution is 5.88. The van der Waals surface area contributed by atoms with Crippen molar-refractivity contribution in [1.29, 1.82) is 0 Å². The normalized spacial score (nSPS) is 24.6. The number of hydrogen-bond donors (Lipinski definition) is 2. The van der Waals surface area contributed by atoms with Gasteiger partial charge in [0.05, 0.1) is 5.57 Å². The van der Waals surface area contributed by atoms with Crippen molar-refractivity contribution in [3.8, 4) is 0 Å². The van der Waals surface area contributed by atoms with Crippen LogP contribution in [0.15, 0.2) is 47.2 Å². The van der Waals surface area contributed by atoms with Gasteiger partial charge < -0.3 is 10.8 Å². The van der Waals surface area contributed by atoms with E-state index in [4.69, 9.17) is 10.8 Å². The van der Waals surface area contributed by atoms with E-state index in [0.29, 0.717) is 17.7 Å². The molecule has 2 aliphatic carbocycles. The molecule has 1 atom stereocenters. The monoisotopic (exact) mass is 189 g/mol. The van der Waals surface area contributed by atoms with Crippen LogP contribution in [0.4, 0.5) is 0 Å². The molecule has 2 rings (SSSR count). The summed E-state index contributed by atoms with van der Waals surface area (Å²) in [6.07, 6.45) is 10.1. The first-order valence-electron chi connectivity index (χ1n) is 4.47. The van der Waals surface area contributed by atoms with Crippen LogP contribution in [0.2, 0.25) is 0 Å². The second-order valence-corrected chi connectivity index (χ2v) is 3.44. The number of carbonyl (C=O) groups is 1. The van der Waals surface area contributed by atoms with Crippen LogP contribution < -0.4 is 5.73 Å². The molecule has 0 bridgehead atoms. The summed E-state index contributed by atoms with van der Waals surface area (Å²) >= 11 is 0. The Bertz CT molecular complexity index is 400. The maximum atomic E-state index is 10.8. The van der Waals surface area contributed by atoms with E-state index < -0.39 is 5.97 Å². The van der Waals surface area contributed by atoms with Gasteiger partial charge in [0, 0.05) is 11.6 Å². The van der Waals surface area contributed by atoms with Crippen molar-refractivity contribution < 1.29 is 9.90 Å². The maximum absolute atomic E-state index is 10.8. The standard InChI is InChI=1S/C11H11NO2/c12-10-6-8-4-2-1-3-7(8)5-9(10)11(13)14/h1-4,6-7H,5,12H2,(H,13,14)/t7-/m1/s1. The van der Waals surface area contributed by atoms with Gasteiger partial charge in [-0.05, 0) is 18.1 Å². The van der Waals surface area contributed by atoms with E-state index in [1.807, 2.05) is 24.3 Å². The van der Waals surface area contributed by atoms with Crippen LogP contribution in [0, 0.1) is 5.92 Å². The zero-order valence-electron chi connectivity index (χ0n) is 7.60. The Kier molecular flexibility index (Phi) is 2.00. The number of nitrogens with two attached hydrogens (primary N) is 1. The van der Waals surface area contributed by atoms with Gasteiger partial charge in [-0.2, -0.15) is 0 Å². The number of carboxylic acids is 1. The molecule has 3 N–H and O–H groups in total. The summed E-state index contributed by atoms with van der Waals surface area (Å²) in [6.45, 7) is 0. The average Bonchev–Trinajstić information content (AvgIpc) is 2.16. The molecule has 0 fully saturated rings. The molecule has 0 unspecified atom stereocenters. The number of hydrogen-bond acceptors (Lipinski definition) is 2. The van der Waals surface area contributed by atoms with Gasteiger partial charge in [-0.15, -0.1) is 0 Å². The molecular formula is C11H11NO2. The van der Waals surface area contributed by atoms with Gasteiger partial charge in [0.25, 0.3) is 0 Å². The van der Waals surface area contributed by atoms with E-state index in [1.165, 1.54) is 0 Å². The Labute approximate surface area is 81.9 Å². The highest BCUT2D eigenvalue weighted by Crippen LogP contribution is 2.31.